The Bertz CT molecular complexity index is 315. The number of likely N-dealkylation sites (tertiary alicyclic amines) is 1. The fraction of sp³-hybridized carbons (Fsp3) is 0.769. The molecule has 1 aromatic heterocycles. The summed E-state index contributed by atoms with van der Waals surface area (Å²) in [5.41, 5.74) is 1.25. The largest absolute Gasteiger partial charge is 0.337 e. The van der Waals surface area contributed by atoms with Gasteiger partial charge < -0.3 is 14.8 Å². The minimum atomic E-state index is 0.927. The molecule has 4 heteroatoms. The summed E-state index contributed by atoms with van der Waals surface area (Å²) in [5.74, 6) is 0. The molecule has 1 aliphatic rings. The van der Waals surface area contributed by atoms with Crippen LogP contribution in [0.1, 0.15) is 31.4 Å². The summed E-state index contributed by atoms with van der Waals surface area (Å²) in [4.78, 5) is 6.70. The predicted octanol–water partition coefficient (Wildman–Crippen LogP) is 1.39. The van der Waals surface area contributed by atoms with Crippen LogP contribution in [0, 0.1) is 0 Å². The van der Waals surface area contributed by atoms with Gasteiger partial charge in [0.15, 0.2) is 0 Å². The Morgan fingerprint density at radius 2 is 2.12 bits per heavy atom. The highest BCUT2D eigenvalue weighted by Gasteiger charge is 2.08. The van der Waals surface area contributed by atoms with Crippen molar-refractivity contribution in [3.63, 3.8) is 0 Å². The van der Waals surface area contributed by atoms with Crippen LogP contribution < -0.4 is 5.32 Å². The van der Waals surface area contributed by atoms with Crippen molar-refractivity contribution in [2.45, 2.75) is 32.2 Å². The monoisotopic (exact) mass is 236 g/mol. The molecule has 96 valence electrons. The number of rotatable bonds is 6. The minimum absolute atomic E-state index is 0.927. The predicted molar refractivity (Wildman–Crippen MR) is 69.8 cm³/mol. The zero-order valence-corrected chi connectivity index (χ0v) is 10.9. The molecule has 2 heterocycles. The Kier molecular flexibility index (Phi) is 5.01. The molecule has 0 aromatic carbocycles. The Balaban J connectivity index is 1.53. The van der Waals surface area contributed by atoms with E-state index in [1.165, 1.54) is 51.0 Å². The molecule has 1 N–H and O–H groups in total. The average molecular weight is 236 g/mol. The summed E-state index contributed by atoms with van der Waals surface area (Å²) in [6, 6.07) is 0. The van der Waals surface area contributed by atoms with Crippen LogP contribution in [0.3, 0.4) is 0 Å². The van der Waals surface area contributed by atoms with Gasteiger partial charge in [-0.15, -0.1) is 0 Å². The van der Waals surface area contributed by atoms with E-state index in [1.807, 2.05) is 19.6 Å². The molecule has 1 fully saturated rings. The van der Waals surface area contributed by atoms with E-state index in [2.05, 4.69) is 19.8 Å². The van der Waals surface area contributed by atoms with E-state index >= 15 is 0 Å². The van der Waals surface area contributed by atoms with Crippen LogP contribution in [-0.4, -0.2) is 40.6 Å². The van der Waals surface area contributed by atoms with Crippen molar-refractivity contribution in [1.29, 1.82) is 0 Å². The third-order valence-electron chi connectivity index (χ3n) is 3.50. The molecule has 1 aromatic rings. The van der Waals surface area contributed by atoms with Crippen molar-refractivity contribution in [3.8, 4) is 0 Å². The number of nitrogens with one attached hydrogen (secondary N) is 1. The Morgan fingerprint density at radius 3 is 2.82 bits per heavy atom. The standard InChI is InChI=1S/C13H24N4/c1-16-12-15-11-13(16)10-14-6-5-9-17-7-3-2-4-8-17/h11-12,14H,2-10H2,1H3. The number of imidazole rings is 1. The molecule has 1 saturated heterocycles. The van der Waals surface area contributed by atoms with E-state index in [0.717, 1.165) is 13.1 Å². The van der Waals surface area contributed by atoms with E-state index in [0.29, 0.717) is 0 Å². The smallest absolute Gasteiger partial charge is 0.0945 e. The number of hydrogen-bond acceptors (Lipinski definition) is 3. The van der Waals surface area contributed by atoms with Crippen molar-refractivity contribution in [2.24, 2.45) is 7.05 Å². The second-order valence-corrected chi connectivity index (χ2v) is 4.93. The van der Waals surface area contributed by atoms with Gasteiger partial charge in [0.1, 0.15) is 0 Å². The summed E-state index contributed by atoms with van der Waals surface area (Å²) >= 11 is 0. The van der Waals surface area contributed by atoms with Gasteiger partial charge in [-0.25, -0.2) is 4.98 Å². The first-order valence-corrected chi connectivity index (χ1v) is 6.74. The molecule has 0 atom stereocenters. The molecule has 0 spiro atoms. The zero-order valence-electron chi connectivity index (χ0n) is 10.9. The maximum absolute atomic E-state index is 4.11. The highest BCUT2D eigenvalue weighted by Crippen LogP contribution is 2.08. The van der Waals surface area contributed by atoms with E-state index in [4.69, 9.17) is 0 Å². The molecule has 0 aliphatic carbocycles. The molecular weight excluding hydrogens is 212 g/mol. The third-order valence-corrected chi connectivity index (χ3v) is 3.50. The second-order valence-electron chi connectivity index (χ2n) is 4.93. The van der Waals surface area contributed by atoms with Crippen molar-refractivity contribution in [1.82, 2.24) is 19.8 Å². The highest BCUT2D eigenvalue weighted by atomic mass is 15.1. The van der Waals surface area contributed by atoms with Crippen LogP contribution in [0.4, 0.5) is 0 Å². The van der Waals surface area contributed by atoms with Gasteiger partial charge >= 0.3 is 0 Å². The molecule has 0 bridgehead atoms. The van der Waals surface area contributed by atoms with Crippen molar-refractivity contribution in [2.75, 3.05) is 26.2 Å². The molecule has 2 rings (SSSR count). The number of aromatic nitrogens is 2. The van der Waals surface area contributed by atoms with E-state index in [9.17, 15) is 0 Å². The second kappa shape index (κ2) is 6.77. The van der Waals surface area contributed by atoms with Gasteiger partial charge in [-0.2, -0.15) is 0 Å². The number of piperidine rings is 1. The van der Waals surface area contributed by atoms with Gasteiger partial charge in [0.2, 0.25) is 0 Å². The molecule has 0 unspecified atom stereocenters. The lowest BCUT2D eigenvalue weighted by molar-refractivity contribution is 0.225. The van der Waals surface area contributed by atoms with E-state index in [1.54, 1.807) is 0 Å². The lowest BCUT2D eigenvalue weighted by atomic mass is 10.1. The van der Waals surface area contributed by atoms with Gasteiger partial charge in [0.25, 0.3) is 0 Å². The van der Waals surface area contributed by atoms with Crippen LogP contribution in [0.2, 0.25) is 0 Å². The summed E-state index contributed by atoms with van der Waals surface area (Å²) in [7, 11) is 2.04. The van der Waals surface area contributed by atoms with E-state index < -0.39 is 0 Å². The molecular formula is C13H24N4. The highest BCUT2D eigenvalue weighted by molar-refractivity contribution is 4.96. The lowest BCUT2D eigenvalue weighted by Crippen LogP contribution is -2.32. The van der Waals surface area contributed by atoms with Crippen LogP contribution in [0.25, 0.3) is 0 Å². The van der Waals surface area contributed by atoms with Gasteiger partial charge in [-0.05, 0) is 45.4 Å². The quantitative estimate of drug-likeness (QED) is 0.758. The maximum Gasteiger partial charge on any atom is 0.0945 e. The van der Waals surface area contributed by atoms with Gasteiger partial charge in [0, 0.05) is 19.8 Å². The Hall–Kier alpha value is -0.870. The molecule has 1 aliphatic heterocycles. The average Bonchev–Trinajstić information content (AvgIpc) is 2.76. The van der Waals surface area contributed by atoms with Crippen LogP contribution >= 0.6 is 0 Å². The Labute approximate surface area is 104 Å². The fourth-order valence-electron chi connectivity index (χ4n) is 2.38. The summed E-state index contributed by atoms with van der Waals surface area (Å²) in [5, 5.41) is 3.48. The normalized spacial score (nSPS) is 17.5. The lowest BCUT2D eigenvalue weighted by Gasteiger charge is -2.26. The van der Waals surface area contributed by atoms with Crippen LogP contribution in [0.15, 0.2) is 12.5 Å². The first kappa shape index (κ1) is 12.6. The fourth-order valence-corrected chi connectivity index (χ4v) is 2.38. The zero-order chi connectivity index (χ0) is 11.9. The van der Waals surface area contributed by atoms with Crippen molar-refractivity contribution >= 4 is 0 Å². The SMILES string of the molecule is Cn1cncc1CNCCCN1CCCCC1. The first-order chi connectivity index (χ1) is 8.36. The summed E-state index contributed by atoms with van der Waals surface area (Å²) in [6.45, 7) is 5.89. The van der Waals surface area contributed by atoms with Crippen LogP contribution in [-0.2, 0) is 13.6 Å². The van der Waals surface area contributed by atoms with Crippen molar-refractivity contribution in [3.05, 3.63) is 18.2 Å². The Morgan fingerprint density at radius 1 is 1.29 bits per heavy atom. The number of nitrogens with zero attached hydrogens (tertiary/aromatic N) is 3. The maximum atomic E-state index is 4.11. The van der Waals surface area contributed by atoms with Gasteiger partial charge in [0.05, 0.1) is 12.0 Å². The molecule has 4 nitrogen and oxygen atoms in total. The molecule has 0 amide bonds. The topological polar surface area (TPSA) is 33.1 Å². The van der Waals surface area contributed by atoms with Gasteiger partial charge in [-0.1, -0.05) is 6.42 Å². The first-order valence-electron chi connectivity index (χ1n) is 6.74. The van der Waals surface area contributed by atoms with E-state index in [-0.39, 0.29) is 0 Å². The molecule has 17 heavy (non-hydrogen) atoms. The molecule has 0 radical (unpaired) electrons. The third kappa shape index (κ3) is 4.13. The van der Waals surface area contributed by atoms with Crippen LogP contribution in [0.5, 0.6) is 0 Å². The number of aryl methyl sites for hydroxylation is 1. The minimum Gasteiger partial charge on any atom is -0.337 e. The summed E-state index contributed by atoms with van der Waals surface area (Å²) < 4.78 is 2.07. The van der Waals surface area contributed by atoms with Gasteiger partial charge in [-0.3, -0.25) is 0 Å². The summed E-state index contributed by atoms with van der Waals surface area (Å²) in [6.07, 6.45) is 9.24. The van der Waals surface area contributed by atoms with Crippen molar-refractivity contribution < 1.29 is 0 Å². The molecule has 0 saturated carbocycles. The number of hydrogen-bond donors (Lipinski definition) is 1.